The third kappa shape index (κ3) is 24.0. The summed E-state index contributed by atoms with van der Waals surface area (Å²) in [7, 11) is -5.85. The summed E-state index contributed by atoms with van der Waals surface area (Å²) in [5.74, 6) is 0. The third-order valence-corrected chi connectivity index (χ3v) is 33.7. The molecule has 2 fully saturated rings. The smallest absolute Gasteiger partial charge is 1.00 e. The maximum absolute atomic E-state index is 5.36. The van der Waals surface area contributed by atoms with Gasteiger partial charge in [-0.1, -0.05) is 189 Å². The Balaban J connectivity index is -0.000000116. The molecular weight excluding hydrogens is 859 g/mol. The normalized spacial score (nSPS) is 16.1. The van der Waals surface area contributed by atoms with Crippen molar-refractivity contribution in [1.82, 2.24) is 0 Å². The fourth-order valence-corrected chi connectivity index (χ4v) is 19.6. The molecule has 0 aromatic rings. The van der Waals surface area contributed by atoms with Crippen molar-refractivity contribution in [3.05, 3.63) is 9.30 Å². The Bertz CT molecular complexity index is 588. The van der Waals surface area contributed by atoms with Crippen LogP contribution in [-0.4, -0.2) is 105 Å². The number of hydrogen-bond donors (Lipinski definition) is 0. The van der Waals surface area contributed by atoms with Gasteiger partial charge in [-0.25, -0.2) is 0 Å². The molecule has 0 aliphatic carbocycles. The maximum Gasteiger partial charge on any atom is 2.00 e. The van der Waals surface area contributed by atoms with Crippen LogP contribution in [0.15, 0.2) is 0 Å². The number of nitrogens with zero attached hydrogens (tertiary/aromatic N) is 2. The van der Waals surface area contributed by atoms with Crippen LogP contribution in [0.5, 0.6) is 0 Å². The molecular formula is C32H76I2Mg2N2O2Si4. The first kappa shape index (κ1) is 59.8. The van der Waals surface area contributed by atoms with E-state index in [0.29, 0.717) is 20.2 Å². The van der Waals surface area contributed by atoms with Crippen molar-refractivity contribution in [2.24, 2.45) is 0 Å². The minimum atomic E-state index is -1.46. The SMILES string of the molecule is C1CCOC1.C1CCOC1.CC(C)(C)[Si](C)(C)[N-][Si](C)(C)C(C)(C)C.CC(C)(C)[Si](C)(C)[N-][Si](C)(C)C(C)(C)C.[I-].[I-].[Mg+2].[Mg+2]. The average Bonchev–Trinajstić information content (AvgIpc) is 3.43. The van der Waals surface area contributed by atoms with E-state index >= 15 is 0 Å². The predicted octanol–water partition coefficient (Wildman–Crippen LogP) is 5.58. The zero-order valence-electron chi connectivity index (χ0n) is 33.5. The summed E-state index contributed by atoms with van der Waals surface area (Å²) in [6.45, 7) is 51.4. The topological polar surface area (TPSA) is 46.7 Å². The zero-order valence-corrected chi connectivity index (χ0v) is 44.7. The molecule has 44 heavy (non-hydrogen) atoms. The van der Waals surface area contributed by atoms with Crippen LogP contribution in [0, 0.1) is 0 Å². The molecule has 2 saturated heterocycles. The Hall–Kier alpha value is 3.70. The Kier molecular flexibility index (Phi) is 32.7. The minimum Gasteiger partial charge on any atom is -1.00 e. The second-order valence-corrected chi connectivity index (χ2v) is 38.4. The molecule has 12 heteroatoms. The molecule has 2 aliphatic heterocycles. The van der Waals surface area contributed by atoms with Gasteiger partial charge in [-0.3, -0.25) is 0 Å². The second kappa shape index (κ2) is 24.0. The van der Waals surface area contributed by atoms with Gasteiger partial charge in [-0.05, 0) is 25.7 Å². The summed E-state index contributed by atoms with van der Waals surface area (Å²) in [5, 5.41) is 1.51. The number of ether oxygens (including phenoxy) is 2. The Morgan fingerprint density at radius 1 is 0.364 bits per heavy atom. The summed E-state index contributed by atoms with van der Waals surface area (Å²) < 4.78 is 20.6. The number of hydrogen-bond acceptors (Lipinski definition) is 2. The summed E-state index contributed by atoms with van der Waals surface area (Å²) in [4.78, 5) is 0. The van der Waals surface area contributed by atoms with E-state index in [-0.39, 0.29) is 94.1 Å². The van der Waals surface area contributed by atoms with Gasteiger partial charge in [-0.2, -0.15) is 0 Å². The molecule has 4 nitrogen and oxygen atoms in total. The van der Waals surface area contributed by atoms with Crippen molar-refractivity contribution in [2.45, 2.75) is 181 Å². The van der Waals surface area contributed by atoms with Crippen LogP contribution in [0.4, 0.5) is 0 Å². The summed E-state index contributed by atoms with van der Waals surface area (Å²) in [6.07, 6.45) is 5.11. The molecule has 0 bridgehead atoms. The number of halogens is 2. The summed E-state index contributed by atoms with van der Waals surface area (Å²) in [5.41, 5.74) is 0. The molecule has 0 radical (unpaired) electrons. The number of rotatable bonds is 4. The van der Waals surface area contributed by atoms with Gasteiger partial charge in [-0.15, -0.1) is 0 Å². The van der Waals surface area contributed by atoms with Crippen LogP contribution in [0.25, 0.3) is 9.30 Å². The van der Waals surface area contributed by atoms with E-state index in [0.717, 1.165) is 26.4 Å². The predicted molar refractivity (Wildman–Crippen MR) is 207 cm³/mol. The van der Waals surface area contributed by atoms with Crippen molar-refractivity contribution in [1.29, 1.82) is 0 Å². The molecule has 2 aliphatic rings. The van der Waals surface area contributed by atoms with E-state index in [2.05, 4.69) is 135 Å². The van der Waals surface area contributed by atoms with Gasteiger partial charge in [0.2, 0.25) is 0 Å². The molecule has 0 spiro atoms. The van der Waals surface area contributed by atoms with E-state index in [1.54, 1.807) is 0 Å². The average molecular weight is 936 g/mol. The largest absolute Gasteiger partial charge is 2.00 e. The summed E-state index contributed by atoms with van der Waals surface area (Å²) in [6, 6.07) is 0. The monoisotopic (exact) mass is 934 g/mol. The van der Waals surface area contributed by atoms with E-state index in [9.17, 15) is 0 Å². The van der Waals surface area contributed by atoms with E-state index in [1.165, 1.54) is 25.7 Å². The van der Waals surface area contributed by atoms with Crippen LogP contribution in [0.1, 0.15) is 109 Å². The molecule has 0 unspecified atom stereocenters. The molecule has 2 heterocycles. The molecule has 0 amide bonds. The third-order valence-electron chi connectivity index (χ3n) is 10.1. The first-order valence-corrected chi connectivity index (χ1v) is 27.8. The first-order chi connectivity index (χ1) is 17.4. The molecule has 0 atom stereocenters. The fourth-order valence-electron chi connectivity index (χ4n) is 3.09. The maximum atomic E-state index is 5.36. The first-order valence-electron chi connectivity index (χ1n) is 16.0. The van der Waals surface area contributed by atoms with Gasteiger partial charge in [0.1, 0.15) is 0 Å². The molecule has 0 aromatic carbocycles. The van der Waals surface area contributed by atoms with Crippen molar-refractivity contribution in [3.8, 4) is 0 Å². The second-order valence-electron chi connectivity index (χ2n) is 18.1. The van der Waals surface area contributed by atoms with Gasteiger partial charge >= 0.3 is 46.1 Å². The van der Waals surface area contributed by atoms with Gasteiger partial charge in [0.25, 0.3) is 0 Å². The van der Waals surface area contributed by atoms with Crippen molar-refractivity contribution in [2.75, 3.05) is 26.4 Å². The van der Waals surface area contributed by atoms with Gasteiger partial charge in [0, 0.05) is 26.4 Å². The van der Waals surface area contributed by atoms with Crippen LogP contribution in [0.3, 0.4) is 0 Å². The van der Waals surface area contributed by atoms with Gasteiger partial charge < -0.3 is 66.7 Å². The molecule has 2 rings (SSSR count). The van der Waals surface area contributed by atoms with Crippen LogP contribution < -0.4 is 48.0 Å². The standard InChI is InChI=1S/2C12H30NSi2.2C4H8O.2HI.2Mg/c2*1-11(2,3)14(7,8)13-15(9,10)12(4,5)6;2*1-2-4-5-3-1;;;;/h2*1-10H3;2*1-4H2;2*1H;;/q2*-1;;;;;2*+2/p-2. The van der Waals surface area contributed by atoms with E-state index in [4.69, 9.17) is 18.8 Å². The van der Waals surface area contributed by atoms with Gasteiger partial charge in [0.15, 0.2) is 0 Å². The van der Waals surface area contributed by atoms with Crippen molar-refractivity contribution < 1.29 is 57.4 Å². The molecule has 260 valence electrons. The Morgan fingerprint density at radius 3 is 0.568 bits per heavy atom. The minimum absolute atomic E-state index is 0. The van der Waals surface area contributed by atoms with Crippen molar-refractivity contribution >= 4 is 79.0 Å². The zero-order chi connectivity index (χ0) is 32.5. The Labute approximate surface area is 349 Å². The quantitative estimate of drug-likeness (QED) is 0.274. The van der Waals surface area contributed by atoms with Crippen LogP contribution in [-0.2, 0) is 9.47 Å². The summed E-state index contributed by atoms with van der Waals surface area (Å²) >= 11 is 0. The van der Waals surface area contributed by atoms with E-state index in [1.807, 2.05) is 0 Å². The van der Waals surface area contributed by atoms with Crippen LogP contribution >= 0.6 is 0 Å². The van der Waals surface area contributed by atoms with Crippen LogP contribution in [0.2, 0.25) is 72.5 Å². The Morgan fingerprint density at radius 2 is 0.500 bits per heavy atom. The van der Waals surface area contributed by atoms with Crippen molar-refractivity contribution in [3.63, 3.8) is 0 Å². The molecule has 0 N–H and O–H groups in total. The fraction of sp³-hybridized carbons (Fsp3) is 1.00. The van der Waals surface area contributed by atoms with E-state index < -0.39 is 32.9 Å². The van der Waals surface area contributed by atoms with Gasteiger partial charge in [0.05, 0.1) is 0 Å². The molecule has 0 saturated carbocycles. The molecule has 0 aromatic heterocycles.